The van der Waals surface area contributed by atoms with Gasteiger partial charge in [-0.1, -0.05) is 86.6 Å². The molecule has 6 aromatic carbocycles. The van der Waals surface area contributed by atoms with E-state index >= 15 is 0 Å². The Morgan fingerprint density at radius 1 is 0.463 bits per heavy atom. The van der Waals surface area contributed by atoms with Crippen LogP contribution in [0.3, 0.4) is 0 Å². The third-order valence-corrected chi connectivity index (χ3v) is 7.96. The highest BCUT2D eigenvalue weighted by Crippen LogP contribution is 2.40. The lowest BCUT2D eigenvalue weighted by atomic mass is 9.98. The molecule has 2 heteroatoms. The molecule has 41 heavy (non-hydrogen) atoms. The predicted molar refractivity (Wildman–Crippen MR) is 177 cm³/mol. The average Bonchev–Trinajstić information content (AvgIpc) is 3.02. The average molecular weight is 533 g/mol. The molecule has 6 rings (SSSR count). The predicted octanol–water partition coefficient (Wildman–Crippen LogP) is 11.6. The lowest BCUT2D eigenvalue weighted by Crippen LogP contribution is -2.12. The summed E-state index contributed by atoms with van der Waals surface area (Å²) in [6.45, 7) is 6.68. The van der Waals surface area contributed by atoms with Gasteiger partial charge in [-0.3, -0.25) is 0 Å². The van der Waals surface area contributed by atoms with Crippen LogP contribution in [0.4, 0.5) is 34.1 Å². The van der Waals surface area contributed by atoms with Crippen molar-refractivity contribution < 1.29 is 0 Å². The molecule has 0 aliphatic carbocycles. The highest BCUT2D eigenvalue weighted by molar-refractivity contribution is 5.89. The van der Waals surface area contributed by atoms with Gasteiger partial charge in [0.2, 0.25) is 0 Å². The number of benzene rings is 6. The van der Waals surface area contributed by atoms with Crippen molar-refractivity contribution in [1.82, 2.24) is 0 Å². The Labute approximate surface area is 244 Å². The Balaban J connectivity index is 1.44. The van der Waals surface area contributed by atoms with Crippen molar-refractivity contribution in [2.75, 3.05) is 9.80 Å². The van der Waals surface area contributed by atoms with Crippen LogP contribution in [0.1, 0.15) is 37.3 Å². The normalized spacial score (nSPS) is 11.8. The molecule has 0 fully saturated rings. The molecule has 0 saturated carbocycles. The minimum Gasteiger partial charge on any atom is -0.310 e. The first-order valence-corrected chi connectivity index (χ1v) is 14.5. The van der Waals surface area contributed by atoms with E-state index in [1.807, 2.05) is 0 Å². The topological polar surface area (TPSA) is 6.48 Å². The zero-order valence-electron chi connectivity index (χ0n) is 24.0. The monoisotopic (exact) mass is 532 g/mol. The van der Waals surface area contributed by atoms with Crippen LogP contribution < -0.4 is 9.80 Å². The maximum atomic E-state index is 2.36. The van der Waals surface area contributed by atoms with E-state index in [9.17, 15) is 0 Å². The van der Waals surface area contributed by atoms with Crippen molar-refractivity contribution in [2.24, 2.45) is 0 Å². The minimum absolute atomic E-state index is 0.544. The Bertz CT molecular complexity index is 1740. The maximum absolute atomic E-state index is 2.36. The lowest BCUT2D eigenvalue weighted by molar-refractivity contribution is 0.733. The molecule has 0 amide bonds. The molecule has 2 nitrogen and oxygen atoms in total. The van der Waals surface area contributed by atoms with Crippen molar-refractivity contribution in [3.05, 3.63) is 157 Å². The summed E-state index contributed by atoms with van der Waals surface area (Å²) in [6, 6.07) is 52.5. The van der Waals surface area contributed by atoms with E-state index in [4.69, 9.17) is 0 Å². The fourth-order valence-corrected chi connectivity index (χ4v) is 5.49. The molecule has 0 N–H and O–H groups in total. The zero-order chi connectivity index (χ0) is 28.2. The molecule has 1 unspecified atom stereocenters. The van der Waals surface area contributed by atoms with Gasteiger partial charge in [-0.25, -0.2) is 0 Å². The third kappa shape index (κ3) is 5.60. The number of anilines is 6. The second-order valence-corrected chi connectivity index (χ2v) is 10.8. The lowest BCUT2D eigenvalue weighted by Gasteiger charge is -2.29. The number of fused-ring (bicyclic) bond motifs is 1. The highest BCUT2D eigenvalue weighted by atomic mass is 15.2. The van der Waals surface area contributed by atoms with Crippen molar-refractivity contribution in [3.8, 4) is 0 Å². The zero-order valence-corrected chi connectivity index (χ0v) is 24.0. The third-order valence-electron chi connectivity index (χ3n) is 7.96. The Hall–Kier alpha value is -4.82. The highest BCUT2D eigenvalue weighted by Gasteiger charge is 2.17. The van der Waals surface area contributed by atoms with Crippen molar-refractivity contribution >= 4 is 44.9 Å². The summed E-state index contributed by atoms with van der Waals surface area (Å²) in [5.74, 6) is 0.544. The molecule has 0 heterocycles. The molecular formula is C39H36N2. The van der Waals surface area contributed by atoms with Gasteiger partial charge in [0.15, 0.2) is 0 Å². The largest absolute Gasteiger partial charge is 0.310 e. The number of aryl methyl sites for hydroxylation is 1. The Kier molecular flexibility index (Phi) is 7.56. The van der Waals surface area contributed by atoms with E-state index in [-0.39, 0.29) is 0 Å². The van der Waals surface area contributed by atoms with Crippen molar-refractivity contribution in [1.29, 1.82) is 0 Å². The van der Waals surface area contributed by atoms with Gasteiger partial charge in [0, 0.05) is 34.1 Å². The molecule has 0 saturated heterocycles. The van der Waals surface area contributed by atoms with Crippen LogP contribution in [-0.2, 0) is 0 Å². The van der Waals surface area contributed by atoms with E-state index < -0.39 is 0 Å². The number of hydrogen-bond acceptors (Lipinski definition) is 2. The van der Waals surface area contributed by atoms with Crippen LogP contribution in [-0.4, -0.2) is 0 Å². The van der Waals surface area contributed by atoms with Crippen LogP contribution in [0.15, 0.2) is 146 Å². The van der Waals surface area contributed by atoms with Crippen LogP contribution >= 0.6 is 0 Å². The number of rotatable bonds is 8. The van der Waals surface area contributed by atoms with Crippen LogP contribution in [0.5, 0.6) is 0 Å². The fourth-order valence-electron chi connectivity index (χ4n) is 5.49. The summed E-state index contributed by atoms with van der Waals surface area (Å²) >= 11 is 0. The summed E-state index contributed by atoms with van der Waals surface area (Å²) < 4.78 is 0. The van der Waals surface area contributed by atoms with Gasteiger partial charge >= 0.3 is 0 Å². The van der Waals surface area contributed by atoms with Crippen LogP contribution in [0.25, 0.3) is 10.8 Å². The minimum atomic E-state index is 0.544. The second-order valence-electron chi connectivity index (χ2n) is 10.8. The van der Waals surface area contributed by atoms with Gasteiger partial charge in [0.25, 0.3) is 0 Å². The Morgan fingerprint density at radius 2 is 0.951 bits per heavy atom. The van der Waals surface area contributed by atoms with Crippen molar-refractivity contribution in [2.45, 2.75) is 33.1 Å². The van der Waals surface area contributed by atoms with Gasteiger partial charge in [0.05, 0.1) is 0 Å². The van der Waals surface area contributed by atoms with Gasteiger partial charge in [-0.05, 0) is 114 Å². The summed E-state index contributed by atoms with van der Waals surface area (Å²) in [4.78, 5) is 4.67. The SMILES string of the molecule is CCC(C)c1ccc(N(c2ccc(N(c3ccccc3)c3cccc(C)c3)cc2)c2ccc3ccccc3c2)cc1. The second kappa shape index (κ2) is 11.7. The first kappa shape index (κ1) is 26.4. The summed E-state index contributed by atoms with van der Waals surface area (Å²) in [6.07, 6.45) is 1.13. The van der Waals surface area contributed by atoms with Crippen molar-refractivity contribution in [3.63, 3.8) is 0 Å². The molecule has 0 radical (unpaired) electrons. The quantitative estimate of drug-likeness (QED) is 0.192. The summed E-state index contributed by atoms with van der Waals surface area (Å²) in [7, 11) is 0. The van der Waals surface area contributed by atoms with Gasteiger partial charge < -0.3 is 9.80 Å². The van der Waals surface area contributed by atoms with E-state index in [1.54, 1.807) is 0 Å². The molecule has 0 spiro atoms. The Morgan fingerprint density at radius 3 is 1.56 bits per heavy atom. The van der Waals surface area contributed by atoms with Gasteiger partial charge in [-0.2, -0.15) is 0 Å². The molecule has 6 aromatic rings. The fraction of sp³-hybridized carbons (Fsp3) is 0.128. The molecule has 202 valence electrons. The first-order valence-electron chi connectivity index (χ1n) is 14.5. The molecule has 0 aliphatic rings. The van der Waals surface area contributed by atoms with E-state index in [0.717, 1.165) is 40.5 Å². The number of hydrogen-bond donors (Lipinski definition) is 0. The molecule has 0 aromatic heterocycles. The molecule has 0 aliphatic heterocycles. The van der Waals surface area contributed by atoms with E-state index in [1.165, 1.54) is 21.9 Å². The number of nitrogens with zero attached hydrogens (tertiary/aromatic N) is 2. The summed E-state index contributed by atoms with van der Waals surface area (Å²) in [5, 5.41) is 2.48. The molecule has 1 atom stereocenters. The van der Waals surface area contributed by atoms with Crippen LogP contribution in [0, 0.1) is 6.92 Å². The maximum Gasteiger partial charge on any atom is 0.0468 e. The van der Waals surface area contributed by atoms with Gasteiger partial charge in [0.1, 0.15) is 0 Å². The molecule has 0 bridgehead atoms. The summed E-state index contributed by atoms with van der Waals surface area (Å²) in [5.41, 5.74) is 9.44. The smallest absolute Gasteiger partial charge is 0.0468 e. The standard InChI is InChI=1S/C39H36N2/c1-4-30(3)31-17-20-35(21-18-31)41(39-22-19-32-12-8-9-13-33(32)28-39)37-25-23-36(24-26-37)40(34-14-6-5-7-15-34)38-16-10-11-29(2)27-38/h5-28,30H,4H2,1-3H3. The first-order chi connectivity index (χ1) is 20.1. The van der Waals surface area contributed by atoms with Crippen LogP contribution in [0.2, 0.25) is 0 Å². The number of para-hydroxylation sites is 1. The van der Waals surface area contributed by atoms with E-state index in [0.29, 0.717) is 5.92 Å². The van der Waals surface area contributed by atoms with E-state index in [2.05, 4.69) is 176 Å². The molecular weight excluding hydrogens is 496 g/mol. The van der Waals surface area contributed by atoms with Gasteiger partial charge in [-0.15, -0.1) is 0 Å².